The summed E-state index contributed by atoms with van der Waals surface area (Å²) in [6.07, 6.45) is 14.4. The molecule has 272 valence electrons. The molecule has 0 saturated heterocycles. The molecular weight excluding hydrogens is 709 g/mol. The van der Waals surface area contributed by atoms with Gasteiger partial charge < -0.3 is 4.74 Å². The predicted molar refractivity (Wildman–Crippen MR) is 236 cm³/mol. The van der Waals surface area contributed by atoms with E-state index < -0.39 is 0 Å². The van der Waals surface area contributed by atoms with Crippen molar-refractivity contribution < 1.29 is 9.30 Å². The third-order valence-corrected chi connectivity index (χ3v) is 11.0. The minimum absolute atomic E-state index is 0.741. The summed E-state index contributed by atoms with van der Waals surface area (Å²) in [5.74, 6) is 2.35. The molecule has 10 aromatic rings. The summed E-state index contributed by atoms with van der Waals surface area (Å²) in [5, 5.41) is 4.67. The smallest absolute Gasteiger partial charge is 0.255 e. The molecule has 11 rings (SSSR count). The first kappa shape index (κ1) is 33.4. The van der Waals surface area contributed by atoms with Crippen LogP contribution in [0.4, 0.5) is 0 Å². The lowest BCUT2D eigenvalue weighted by Crippen LogP contribution is -2.31. The molecule has 1 aliphatic carbocycles. The quantitative estimate of drug-likeness (QED) is 0.120. The minimum atomic E-state index is 0.741. The number of nitrogens with zero attached hydrogens (tertiary/aromatic N) is 4. The molecule has 3 heterocycles. The van der Waals surface area contributed by atoms with E-state index in [2.05, 4.69) is 190 Å². The van der Waals surface area contributed by atoms with Crippen LogP contribution in [0.1, 0.15) is 5.56 Å². The normalized spacial score (nSPS) is 12.4. The van der Waals surface area contributed by atoms with Gasteiger partial charge in [0.2, 0.25) is 0 Å². The summed E-state index contributed by atoms with van der Waals surface area (Å²) < 4.78 is 13.6. The molecule has 58 heavy (non-hydrogen) atoms. The van der Waals surface area contributed by atoms with E-state index in [0.29, 0.717) is 0 Å². The second-order valence-electron chi connectivity index (χ2n) is 14.4. The molecule has 3 aromatic heterocycles. The van der Waals surface area contributed by atoms with Gasteiger partial charge in [0.1, 0.15) is 28.7 Å². The molecular formula is C53H35N4O+. The predicted octanol–water partition coefficient (Wildman–Crippen LogP) is 12.7. The highest BCUT2D eigenvalue weighted by Gasteiger charge is 2.27. The minimum Gasteiger partial charge on any atom is -0.457 e. The molecule has 5 nitrogen and oxygen atoms in total. The molecule has 0 fully saturated rings. The van der Waals surface area contributed by atoms with Crippen molar-refractivity contribution in [2.45, 2.75) is 0 Å². The molecule has 0 atom stereocenters. The number of hydrogen-bond donors (Lipinski definition) is 0. The molecule has 0 bridgehead atoms. The Labute approximate surface area is 335 Å². The van der Waals surface area contributed by atoms with Gasteiger partial charge in [-0.2, -0.15) is 9.13 Å². The zero-order chi connectivity index (χ0) is 38.4. The third-order valence-electron chi connectivity index (χ3n) is 11.0. The monoisotopic (exact) mass is 743 g/mol. The fourth-order valence-electron chi connectivity index (χ4n) is 8.40. The van der Waals surface area contributed by atoms with Gasteiger partial charge in [-0.15, -0.1) is 5.73 Å². The van der Waals surface area contributed by atoms with Gasteiger partial charge in [-0.05, 0) is 95.4 Å². The second-order valence-corrected chi connectivity index (χ2v) is 14.4. The summed E-state index contributed by atoms with van der Waals surface area (Å²) in [4.78, 5) is 4.71. The lowest BCUT2D eigenvalue weighted by atomic mass is 9.95. The van der Waals surface area contributed by atoms with E-state index >= 15 is 0 Å². The van der Waals surface area contributed by atoms with E-state index in [1.807, 2.05) is 42.6 Å². The fourth-order valence-corrected chi connectivity index (χ4v) is 8.40. The zero-order valence-electron chi connectivity index (χ0n) is 31.4. The highest BCUT2D eigenvalue weighted by Crippen LogP contribution is 2.37. The highest BCUT2D eigenvalue weighted by atomic mass is 16.5. The van der Waals surface area contributed by atoms with Crippen molar-refractivity contribution in [2.24, 2.45) is 0 Å². The molecule has 1 aliphatic rings. The van der Waals surface area contributed by atoms with Crippen molar-refractivity contribution in [3.05, 3.63) is 224 Å². The Bertz CT molecular complexity index is 3340. The summed E-state index contributed by atoms with van der Waals surface area (Å²) in [6, 6.07) is 59.5. The number of ether oxygens (including phenoxy) is 1. The molecule has 0 unspecified atom stereocenters. The zero-order valence-corrected chi connectivity index (χ0v) is 31.4. The molecule has 0 spiro atoms. The number of allylic oxidation sites excluding steroid dienone is 5. The summed E-state index contributed by atoms with van der Waals surface area (Å²) >= 11 is 0. The van der Waals surface area contributed by atoms with E-state index in [1.165, 1.54) is 16.2 Å². The van der Waals surface area contributed by atoms with Crippen LogP contribution in [0.15, 0.2) is 218 Å². The Hall–Kier alpha value is -7.98. The summed E-state index contributed by atoms with van der Waals surface area (Å²) in [5.41, 5.74) is 14.2. The van der Waals surface area contributed by atoms with Crippen molar-refractivity contribution in [1.82, 2.24) is 14.1 Å². The summed E-state index contributed by atoms with van der Waals surface area (Å²) in [6.45, 7) is 0. The number of fused-ring (bicyclic) bond motifs is 6. The molecule has 0 amide bonds. The maximum absolute atomic E-state index is 6.72. The Morgan fingerprint density at radius 3 is 2.28 bits per heavy atom. The van der Waals surface area contributed by atoms with Crippen LogP contribution in [0.3, 0.4) is 0 Å². The lowest BCUT2D eigenvalue weighted by Gasteiger charge is -2.14. The van der Waals surface area contributed by atoms with Crippen LogP contribution < -0.4 is 9.30 Å². The van der Waals surface area contributed by atoms with Gasteiger partial charge in [-0.25, -0.2) is 4.98 Å². The van der Waals surface area contributed by atoms with Crippen molar-refractivity contribution in [1.29, 1.82) is 0 Å². The fraction of sp³-hybridized carbons (Fsp3) is 0. The number of hydrogen-bond acceptors (Lipinski definition) is 2. The van der Waals surface area contributed by atoms with E-state index in [-0.39, 0.29) is 0 Å². The first-order chi connectivity index (χ1) is 28.8. The van der Waals surface area contributed by atoms with Crippen molar-refractivity contribution in [2.75, 3.05) is 0 Å². The van der Waals surface area contributed by atoms with Gasteiger partial charge in [-0.3, -0.25) is 4.57 Å². The Morgan fingerprint density at radius 1 is 0.569 bits per heavy atom. The Morgan fingerprint density at radius 2 is 1.36 bits per heavy atom. The molecule has 0 aliphatic heterocycles. The first-order valence-electron chi connectivity index (χ1n) is 19.4. The van der Waals surface area contributed by atoms with E-state index in [0.717, 1.165) is 78.4 Å². The average molecular weight is 744 g/mol. The number of rotatable bonds is 7. The molecule has 0 N–H and O–H groups in total. The summed E-state index contributed by atoms with van der Waals surface area (Å²) in [7, 11) is 0. The van der Waals surface area contributed by atoms with Gasteiger partial charge in [0.15, 0.2) is 11.0 Å². The SMILES string of the molecule is C1=CC=CC(c2cccc(-c3ccccc3)c2-[n+]2cn(-c3cccc(Oc4ccc5c6ccccc6n(-c6ccccn6)c5c4)c3)c3ccc4ccccc4c32)=CC=1. The maximum atomic E-state index is 6.72. The van der Waals surface area contributed by atoms with Gasteiger partial charge in [0.05, 0.1) is 11.0 Å². The van der Waals surface area contributed by atoms with Gasteiger partial charge >= 0.3 is 0 Å². The molecule has 5 heteroatoms. The first-order valence-corrected chi connectivity index (χ1v) is 19.4. The number of pyridine rings is 1. The number of benzene rings is 7. The number of para-hydroxylation sites is 2. The van der Waals surface area contributed by atoms with Gasteiger partial charge in [-0.1, -0.05) is 109 Å². The largest absolute Gasteiger partial charge is 0.457 e. The maximum Gasteiger partial charge on any atom is 0.255 e. The van der Waals surface area contributed by atoms with Crippen molar-refractivity contribution in [3.8, 4) is 39.8 Å². The average Bonchev–Trinajstić information content (AvgIpc) is 3.70. The highest BCUT2D eigenvalue weighted by molar-refractivity contribution is 6.09. The Balaban J connectivity index is 1.09. The standard InChI is InChI=1S/C53H35N4O/c1-2-5-17-37(16-4-1)43-25-15-26-44(38-18-6-3-7-19-38)52(43)56-36-55(49-32-29-39-20-8-9-23-45(39)53(49)56)40-21-14-22-41(34-40)58-42-30-31-47-46-24-10-11-27-48(46)57(50(47)35-42)51-28-12-13-33-54-51/h1,3-36H/q+1. The van der Waals surface area contributed by atoms with Crippen LogP contribution in [0.5, 0.6) is 11.5 Å². The van der Waals surface area contributed by atoms with Crippen molar-refractivity contribution in [3.63, 3.8) is 0 Å². The number of imidazole rings is 1. The van der Waals surface area contributed by atoms with Crippen LogP contribution in [0.2, 0.25) is 0 Å². The van der Waals surface area contributed by atoms with Crippen LogP contribution in [-0.4, -0.2) is 14.1 Å². The van der Waals surface area contributed by atoms with Crippen LogP contribution >= 0.6 is 0 Å². The Kier molecular flexibility index (Phi) is 8.02. The second kappa shape index (κ2) is 13.9. The van der Waals surface area contributed by atoms with Crippen LogP contribution in [-0.2, 0) is 0 Å². The van der Waals surface area contributed by atoms with Crippen LogP contribution in [0.25, 0.3) is 77.5 Å². The third kappa shape index (κ3) is 5.65. The van der Waals surface area contributed by atoms with Gasteiger partial charge in [0.25, 0.3) is 6.33 Å². The molecule has 0 radical (unpaired) electrons. The molecule has 7 aromatic carbocycles. The van der Waals surface area contributed by atoms with E-state index in [4.69, 9.17) is 9.72 Å². The van der Waals surface area contributed by atoms with E-state index in [1.54, 1.807) is 0 Å². The van der Waals surface area contributed by atoms with Gasteiger partial charge in [0, 0.05) is 45.6 Å². The lowest BCUT2D eigenvalue weighted by molar-refractivity contribution is -0.566. The van der Waals surface area contributed by atoms with E-state index in [9.17, 15) is 0 Å². The molecule has 0 saturated carbocycles. The van der Waals surface area contributed by atoms with Crippen molar-refractivity contribution >= 4 is 49.2 Å². The number of aromatic nitrogens is 4. The topological polar surface area (TPSA) is 35.9 Å². The van der Waals surface area contributed by atoms with Crippen LogP contribution in [0, 0.1) is 0 Å².